The summed E-state index contributed by atoms with van der Waals surface area (Å²) in [5.74, 6) is 2.27. The van der Waals surface area contributed by atoms with Gasteiger partial charge in [-0.15, -0.1) is 10.2 Å². The summed E-state index contributed by atoms with van der Waals surface area (Å²) < 4.78 is 12.6. The van der Waals surface area contributed by atoms with Crippen LogP contribution in [0.2, 0.25) is 0 Å². The van der Waals surface area contributed by atoms with Gasteiger partial charge < -0.3 is 9.47 Å². The maximum atomic E-state index is 5.44. The van der Waals surface area contributed by atoms with Gasteiger partial charge in [-0.05, 0) is 30.7 Å². The van der Waals surface area contributed by atoms with E-state index in [0.29, 0.717) is 0 Å². The number of fused-ring (bicyclic) bond motifs is 2. The minimum atomic E-state index is 0.265. The monoisotopic (exact) mass is 336 g/mol. The largest absolute Gasteiger partial charge is 0.454 e. The van der Waals surface area contributed by atoms with Gasteiger partial charge in [0.2, 0.25) is 11.8 Å². The van der Waals surface area contributed by atoms with Crippen molar-refractivity contribution in [2.24, 2.45) is 0 Å². The van der Waals surface area contributed by atoms with Gasteiger partial charge in [0.1, 0.15) is 5.01 Å². The van der Waals surface area contributed by atoms with E-state index < -0.39 is 0 Å². The molecule has 0 atom stereocenters. The van der Waals surface area contributed by atoms with Gasteiger partial charge in [-0.1, -0.05) is 35.6 Å². The Morgan fingerprint density at radius 2 is 1.92 bits per heavy atom. The van der Waals surface area contributed by atoms with Crippen LogP contribution in [-0.2, 0) is 0 Å². The SMILES string of the molecule is Cc1ccccc1-c1nnc2sc(-c3ccc4c(c3)OCO4)nn12. The van der Waals surface area contributed by atoms with Crippen LogP contribution in [0, 0.1) is 6.92 Å². The average Bonchev–Trinajstić information content (AvgIpc) is 3.30. The van der Waals surface area contributed by atoms with Crippen LogP contribution in [0.1, 0.15) is 5.56 Å². The molecule has 2 aromatic heterocycles. The van der Waals surface area contributed by atoms with Crippen molar-refractivity contribution in [1.29, 1.82) is 0 Å². The fourth-order valence-corrected chi connectivity index (χ4v) is 3.59. The maximum Gasteiger partial charge on any atom is 0.235 e. The van der Waals surface area contributed by atoms with Crippen molar-refractivity contribution in [3.63, 3.8) is 0 Å². The number of rotatable bonds is 2. The topological polar surface area (TPSA) is 61.5 Å². The molecule has 118 valence electrons. The molecule has 6 nitrogen and oxygen atoms in total. The molecule has 4 aromatic rings. The Morgan fingerprint density at radius 1 is 1.04 bits per heavy atom. The third-order valence-corrected chi connectivity index (χ3v) is 4.94. The standard InChI is InChI=1S/C17H12N4O2S/c1-10-4-2-3-5-12(10)15-18-19-17-21(15)20-16(24-17)11-6-7-13-14(8-11)23-9-22-13/h2-8H,9H2,1H3. The molecule has 0 spiro atoms. The smallest absolute Gasteiger partial charge is 0.235 e. The zero-order chi connectivity index (χ0) is 16.1. The third kappa shape index (κ3) is 1.98. The number of benzene rings is 2. The average molecular weight is 336 g/mol. The van der Waals surface area contributed by atoms with Crippen molar-refractivity contribution in [1.82, 2.24) is 19.8 Å². The molecule has 0 N–H and O–H groups in total. The molecule has 1 aliphatic rings. The van der Waals surface area contributed by atoms with E-state index in [4.69, 9.17) is 14.6 Å². The fourth-order valence-electron chi connectivity index (χ4n) is 2.75. The highest BCUT2D eigenvalue weighted by atomic mass is 32.1. The van der Waals surface area contributed by atoms with E-state index in [-0.39, 0.29) is 6.79 Å². The molecule has 24 heavy (non-hydrogen) atoms. The zero-order valence-corrected chi connectivity index (χ0v) is 13.6. The van der Waals surface area contributed by atoms with Gasteiger partial charge in [0.25, 0.3) is 0 Å². The van der Waals surface area contributed by atoms with Gasteiger partial charge in [0.05, 0.1) is 0 Å². The second-order valence-electron chi connectivity index (χ2n) is 5.51. The van der Waals surface area contributed by atoms with Crippen LogP contribution in [-0.4, -0.2) is 26.6 Å². The molecule has 0 unspecified atom stereocenters. The molecular weight excluding hydrogens is 324 g/mol. The highest BCUT2D eigenvalue weighted by Crippen LogP contribution is 2.37. The van der Waals surface area contributed by atoms with E-state index in [2.05, 4.69) is 23.2 Å². The molecular formula is C17H12N4O2S. The number of hydrogen-bond donors (Lipinski definition) is 0. The van der Waals surface area contributed by atoms with Crippen LogP contribution in [0.15, 0.2) is 42.5 Å². The van der Waals surface area contributed by atoms with Crippen molar-refractivity contribution in [2.75, 3.05) is 6.79 Å². The van der Waals surface area contributed by atoms with Crippen molar-refractivity contribution in [3.05, 3.63) is 48.0 Å². The molecule has 1 aliphatic heterocycles. The lowest BCUT2D eigenvalue weighted by Crippen LogP contribution is -1.93. The van der Waals surface area contributed by atoms with Gasteiger partial charge in [-0.2, -0.15) is 9.61 Å². The summed E-state index contributed by atoms with van der Waals surface area (Å²) in [5, 5.41) is 14.1. The number of ether oxygens (including phenoxy) is 2. The number of aryl methyl sites for hydroxylation is 1. The highest BCUT2D eigenvalue weighted by molar-refractivity contribution is 7.19. The van der Waals surface area contributed by atoms with Crippen LogP contribution in [0.4, 0.5) is 0 Å². The van der Waals surface area contributed by atoms with E-state index >= 15 is 0 Å². The Bertz CT molecular complexity index is 1070. The minimum absolute atomic E-state index is 0.265. The number of hydrogen-bond acceptors (Lipinski definition) is 6. The molecule has 0 fully saturated rings. The van der Waals surface area contributed by atoms with Crippen molar-refractivity contribution >= 4 is 16.3 Å². The molecule has 7 heteroatoms. The predicted molar refractivity (Wildman–Crippen MR) is 90.4 cm³/mol. The molecule has 0 aliphatic carbocycles. The van der Waals surface area contributed by atoms with E-state index in [1.165, 1.54) is 11.3 Å². The van der Waals surface area contributed by atoms with Gasteiger partial charge >= 0.3 is 0 Å². The molecule has 0 saturated carbocycles. The third-order valence-electron chi connectivity index (χ3n) is 4.00. The molecule has 0 amide bonds. The highest BCUT2D eigenvalue weighted by Gasteiger charge is 2.18. The van der Waals surface area contributed by atoms with E-state index in [9.17, 15) is 0 Å². The second kappa shape index (κ2) is 5.04. The van der Waals surface area contributed by atoms with Crippen LogP contribution in [0.5, 0.6) is 11.5 Å². The van der Waals surface area contributed by atoms with Crippen molar-refractivity contribution in [3.8, 4) is 33.5 Å². The van der Waals surface area contributed by atoms with E-state index in [0.717, 1.165) is 44.0 Å². The quantitative estimate of drug-likeness (QED) is 0.560. The van der Waals surface area contributed by atoms with Crippen molar-refractivity contribution < 1.29 is 9.47 Å². The van der Waals surface area contributed by atoms with Crippen molar-refractivity contribution in [2.45, 2.75) is 6.92 Å². The summed E-state index contributed by atoms with van der Waals surface area (Å²) in [4.78, 5) is 0.765. The summed E-state index contributed by atoms with van der Waals surface area (Å²) in [7, 11) is 0. The Balaban J connectivity index is 1.64. The summed E-state index contributed by atoms with van der Waals surface area (Å²) >= 11 is 1.50. The van der Waals surface area contributed by atoms with Gasteiger partial charge in [-0.25, -0.2) is 0 Å². The summed E-state index contributed by atoms with van der Waals surface area (Å²) in [6.07, 6.45) is 0. The van der Waals surface area contributed by atoms with Gasteiger partial charge in [-0.3, -0.25) is 0 Å². The summed E-state index contributed by atoms with van der Waals surface area (Å²) in [6, 6.07) is 13.9. The fraction of sp³-hybridized carbons (Fsp3) is 0.118. The van der Waals surface area contributed by atoms with Gasteiger partial charge in [0.15, 0.2) is 17.3 Å². The first-order chi connectivity index (χ1) is 11.8. The van der Waals surface area contributed by atoms with E-state index in [1.54, 1.807) is 4.52 Å². The second-order valence-corrected chi connectivity index (χ2v) is 6.46. The Labute approximate surface area is 141 Å². The van der Waals surface area contributed by atoms with Crippen LogP contribution < -0.4 is 9.47 Å². The van der Waals surface area contributed by atoms with E-state index in [1.807, 2.05) is 36.4 Å². The zero-order valence-electron chi connectivity index (χ0n) is 12.8. The number of nitrogens with zero attached hydrogens (tertiary/aromatic N) is 4. The first-order valence-corrected chi connectivity index (χ1v) is 8.29. The lowest BCUT2D eigenvalue weighted by molar-refractivity contribution is 0.174. The normalized spacial score (nSPS) is 12.9. The first kappa shape index (κ1) is 13.5. The Hall–Kier alpha value is -2.93. The van der Waals surface area contributed by atoms with Crippen LogP contribution in [0.3, 0.4) is 0 Å². The van der Waals surface area contributed by atoms with Crippen LogP contribution in [0.25, 0.3) is 26.9 Å². The molecule has 2 aromatic carbocycles. The summed E-state index contributed by atoms with van der Waals surface area (Å²) in [5.41, 5.74) is 3.16. The Kier molecular flexibility index (Phi) is 2.83. The first-order valence-electron chi connectivity index (χ1n) is 7.48. The minimum Gasteiger partial charge on any atom is -0.454 e. The van der Waals surface area contributed by atoms with Gasteiger partial charge in [0, 0.05) is 11.1 Å². The molecule has 0 radical (unpaired) electrons. The number of aromatic nitrogens is 4. The molecule has 5 rings (SSSR count). The molecule has 0 saturated heterocycles. The predicted octanol–water partition coefficient (Wildman–Crippen LogP) is 3.56. The lowest BCUT2D eigenvalue weighted by atomic mass is 10.1. The Morgan fingerprint density at radius 3 is 2.83 bits per heavy atom. The molecule has 3 heterocycles. The molecule has 0 bridgehead atoms. The van der Waals surface area contributed by atoms with Crippen LogP contribution >= 0.6 is 11.3 Å². The summed E-state index contributed by atoms with van der Waals surface area (Å²) in [6.45, 7) is 2.32. The lowest BCUT2D eigenvalue weighted by Gasteiger charge is -2.01. The maximum absolute atomic E-state index is 5.44.